The van der Waals surface area contributed by atoms with E-state index in [4.69, 9.17) is 9.84 Å². The summed E-state index contributed by atoms with van der Waals surface area (Å²) in [6.45, 7) is 0.444. The van der Waals surface area contributed by atoms with Crippen molar-refractivity contribution in [1.82, 2.24) is 14.8 Å². The van der Waals surface area contributed by atoms with E-state index in [-0.39, 0.29) is 6.61 Å². The average molecular weight is 257 g/mol. The molecule has 0 spiro atoms. The third kappa shape index (κ3) is 3.83. The van der Waals surface area contributed by atoms with Gasteiger partial charge in [0.05, 0.1) is 6.61 Å². The van der Waals surface area contributed by atoms with Crippen LogP contribution in [-0.4, -0.2) is 26.5 Å². The van der Waals surface area contributed by atoms with Gasteiger partial charge in [-0.25, -0.2) is 4.98 Å². The van der Waals surface area contributed by atoms with Crippen molar-refractivity contribution in [3.63, 3.8) is 0 Å². The first-order valence-electron chi connectivity index (χ1n) is 5.95. The molecule has 1 aromatic carbocycles. The van der Waals surface area contributed by atoms with Gasteiger partial charge in [0.1, 0.15) is 18.7 Å². The fourth-order valence-corrected chi connectivity index (χ4v) is 1.48. The summed E-state index contributed by atoms with van der Waals surface area (Å²) >= 11 is 0. The number of hydrogen-bond acceptors (Lipinski definition) is 4. The number of hydrogen-bond donors (Lipinski definition) is 1. The van der Waals surface area contributed by atoms with Crippen molar-refractivity contribution in [3.8, 4) is 17.6 Å². The van der Waals surface area contributed by atoms with Crippen LogP contribution < -0.4 is 4.74 Å². The van der Waals surface area contributed by atoms with Gasteiger partial charge in [-0.05, 0) is 18.2 Å². The Balaban J connectivity index is 2.00. The number of benzene rings is 1. The Morgan fingerprint density at radius 1 is 1.42 bits per heavy atom. The highest BCUT2D eigenvalue weighted by Gasteiger charge is 2.01. The zero-order valence-electron chi connectivity index (χ0n) is 10.7. The lowest BCUT2D eigenvalue weighted by atomic mass is 10.2. The van der Waals surface area contributed by atoms with Crippen LogP contribution in [0.1, 0.15) is 17.8 Å². The molecule has 0 fully saturated rings. The molecule has 0 saturated carbocycles. The van der Waals surface area contributed by atoms with E-state index in [0.717, 1.165) is 17.1 Å². The molecule has 0 aliphatic heterocycles. The summed E-state index contributed by atoms with van der Waals surface area (Å²) in [5.41, 5.74) is 0.865. The maximum absolute atomic E-state index is 8.67. The summed E-state index contributed by atoms with van der Waals surface area (Å²) < 4.78 is 7.31. The number of aromatic nitrogens is 3. The van der Waals surface area contributed by atoms with Crippen molar-refractivity contribution in [3.05, 3.63) is 42.0 Å². The number of aryl methyl sites for hydroxylation is 1. The number of aliphatic hydroxyl groups excluding tert-OH is 1. The second-order valence-corrected chi connectivity index (χ2v) is 3.89. The summed E-state index contributed by atoms with van der Waals surface area (Å²) in [5, 5.41) is 12.6. The first-order chi connectivity index (χ1) is 9.29. The number of aliphatic hydroxyl groups is 1. The fraction of sp³-hybridized carbons (Fsp3) is 0.286. The van der Waals surface area contributed by atoms with Crippen LogP contribution in [0.15, 0.2) is 30.6 Å². The molecule has 0 aliphatic rings. The average Bonchev–Trinajstić information content (AvgIpc) is 2.83. The first-order valence-corrected chi connectivity index (χ1v) is 5.95. The normalized spacial score (nSPS) is 9.79. The van der Waals surface area contributed by atoms with Crippen LogP contribution in [0.3, 0.4) is 0 Å². The van der Waals surface area contributed by atoms with Gasteiger partial charge in [-0.1, -0.05) is 17.9 Å². The predicted octanol–water partition coefficient (Wildman–Crippen LogP) is 1.13. The molecule has 0 aliphatic carbocycles. The Morgan fingerprint density at radius 3 is 3.05 bits per heavy atom. The minimum absolute atomic E-state index is 0.0787. The second-order valence-electron chi connectivity index (χ2n) is 3.89. The zero-order chi connectivity index (χ0) is 13.5. The molecule has 1 heterocycles. The van der Waals surface area contributed by atoms with E-state index in [1.807, 2.05) is 31.3 Å². The molecule has 1 N–H and O–H groups in total. The minimum Gasteiger partial charge on any atom is -0.486 e. The summed E-state index contributed by atoms with van der Waals surface area (Å²) in [7, 11) is 1.82. The fourth-order valence-electron chi connectivity index (χ4n) is 1.48. The topological polar surface area (TPSA) is 60.2 Å². The molecule has 98 valence electrons. The van der Waals surface area contributed by atoms with E-state index in [0.29, 0.717) is 13.0 Å². The van der Waals surface area contributed by atoms with Crippen molar-refractivity contribution in [1.29, 1.82) is 0 Å². The minimum atomic E-state index is 0.0787. The van der Waals surface area contributed by atoms with Crippen LogP contribution in [0.5, 0.6) is 5.75 Å². The molecule has 2 aromatic rings. The van der Waals surface area contributed by atoms with Gasteiger partial charge in [0.15, 0.2) is 5.82 Å². The molecule has 0 amide bonds. The summed E-state index contributed by atoms with van der Waals surface area (Å²) in [5.74, 6) is 7.34. The summed E-state index contributed by atoms with van der Waals surface area (Å²) in [6, 6.07) is 7.52. The third-order valence-corrected chi connectivity index (χ3v) is 2.48. The zero-order valence-corrected chi connectivity index (χ0v) is 10.7. The molecule has 0 saturated heterocycles. The van der Waals surface area contributed by atoms with E-state index in [1.165, 1.54) is 6.33 Å². The van der Waals surface area contributed by atoms with Gasteiger partial charge < -0.3 is 9.84 Å². The van der Waals surface area contributed by atoms with E-state index in [9.17, 15) is 0 Å². The molecule has 0 atom stereocenters. The smallest absolute Gasteiger partial charge is 0.164 e. The maximum Gasteiger partial charge on any atom is 0.164 e. The number of rotatable bonds is 4. The molecule has 5 nitrogen and oxygen atoms in total. The quantitative estimate of drug-likeness (QED) is 0.834. The lowest BCUT2D eigenvalue weighted by Gasteiger charge is -2.05. The van der Waals surface area contributed by atoms with E-state index < -0.39 is 0 Å². The van der Waals surface area contributed by atoms with E-state index >= 15 is 0 Å². The lowest BCUT2D eigenvalue weighted by molar-refractivity contribution is 0.289. The van der Waals surface area contributed by atoms with Crippen molar-refractivity contribution in [2.75, 3.05) is 6.61 Å². The highest BCUT2D eigenvalue weighted by molar-refractivity contribution is 5.39. The number of ether oxygens (including phenoxy) is 1. The first kappa shape index (κ1) is 13.1. The molecule has 1 aromatic heterocycles. The molecule has 2 rings (SSSR count). The van der Waals surface area contributed by atoms with Gasteiger partial charge in [-0.3, -0.25) is 4.68 Å². The van der Waals surface area contributed by atoms with E-state index in [2.05, 4.69) is 21.9 Å². The van der Waals surface area contributed by atoms with Crippen LogP contribution in [0.4, 0.5) is 0 Å². The molecule has 0 bridgehead atoms. The molecule has 5 heteroatoms. The van der Waals surface area contributed by atoms with Crippen LogP contribution in [0.25, 0.3) is 0 Å². The molecular formula is C14H15N3O2. The second kappa shape index (κ2) is 6.57. The van der Waals surface area contributed by atoms with E-state index in [1.54, 1.807) is 4.68 Å². The van der Waals surface area contributed by atoms with Crippen molar-refractivity contribution >= 4 is 0 Å². The van der Waals surface area contributed by atoms with Crippen molar-refractivity contribution in [2.24, 2.45) is 7.05 Å². The Bertz CT molecular complexity index is 596. The summed E-state index contributed by atoms with van der Waals surface area (Å²) in [4.78, 5) is 4.09. The maximum atomic E-state index is 8.67. The van der Waals surface area contributed by atoms with Gasteiger partial charge in [0.2, 0.25) is 0 Å². The van der Waals surface area contributed by atoms with Crippen LogP contribution >= 0.6 is 0 Å². The van der Waals surface area contributed by atoms with Gasteiger partial charge in [0.25, 0.3) is 0 Å². The Hall–Kier alpha value is -2.32. The third-order valence-electron chi connectivity index (χ3n) is 2.48. The standard InChI is InChI=1S/C14H15N3O2/c1-17-14(15-11-16-17)10-19-13-7-4-6-12(9-13)5-2-3-8-18/h4,6-7,9,11,18H,3,8,10H2,1H3. The van der Waals surface area contributed by atoms with Crippen molar-refractivity contribution < 1.29 is 9.84 Å². The van der Waals surface area contributed by atoms with Gasteiger partial charge >= 0.3 is 0 Å². The van der Waals surface area contributed by atoms with Gasteiger partial charge in [0, 0.05) is 19.0 Å². The summed E-state index contributed by atoms with van der Waals surface area (Å²) in [6.07, 6.45) is 1.97. The Labute approximate surface area is 111 Å². The van der Waals surface area contributed by atoms with Crippen LogP contribution in [0, 0.1) is 11.8 Å². The SMILES string of the molecule is Cn1ncnc1COc1cccc(C#CCCO)c1. The molecule has 19 heavy (non-hydrogen) atoms. The van der Waals surface area contributed by atoms with Gasteiger partial charge in [-0.15, -0.1) is 0 Å². The molecule has 0 unspecified atom stereocenters. The highest BCUT2D eigenvalue weighted by Crippen LogP contribution is 2.13. The van der Waals surface area contributed by atoms with Crippen LogP contribution in [-0.2, 0) is 13.7 Å². The molecule has 0 radical (unpaired) electrons. The highest BCUT2D eigenvalue weighted by atomic mass is 16.5. The largest absolute Gasteiger partial charge is 0.486 e. The van der Waals surface area contributed by atoms with Gasteiger partial charge in [-0.2, -0.15) is 5.10 Å². The lowest BCUT2D eigenvalue weighted by Crippen LogP contribution is -2.04. The Kier molecular flexibility index (Phi) is 4.54. The number of nitrogens with zero attached hydrogens (tertiary/aromatic N) is 3. The predicted molar refractivity (Wildman–Crippen MR) is 70.4 cm³/mol. The monoisotopic (exact) mass is 257 g/mol. The van der Waals surface area contributed by atoms with Crippen LogP contribution in [0.2, 0.25) is 0 Å². The molecular weight excluding hydrogens is 242 g/mol. The van der Waals surface area contributed by atoms with Crippen molar-refractivity contribution in [2.45, 2.75) is 13.0 Å². The Morgan fingerprint density at radius 2 is 2.32 bits per heavy atom.